The zero-order valence-corrected chi connectivity index (χ0v) is 14.6. The molecule has 124 valence electrons. The van der Waals surface area contributed by atoms with Crippen molar-refractivity contribution in [1.29, 1.82) is 0 Å². The van der Waals surface area contributed by atoms with Gasteiger partial charge in [0.25, 0.3) is 0 Å². The first-order valence-electron chi connectivity index (χ1n) is 6.33. The highest BCUT2D eigenvalue weighted by Gasteiger charge is 2.35. The van der Waals surface area contributed by atoms with Crippen molar-refractivity contribution >= 4 is 31.9 Å². The molecule has 0 aliphatic carbocycles. The summed E-state index contributed by atoms with van der Waals surface area (Å²) < 4.78 is 52.2. The molecule has 0 aromatic heterocycles. The Hall–Kier alpha value is -1.06. The first-order chi connectivity index (χ1) is 9.98. The van der Waals surface area contributed by atoms with Gasteiger partial charge < -0.3 is 5.11 Å². The second-order valence-corrected chi connectivity index (χ2v) is 8.02. The molecule has 0 spiro atoms. The lowest BCUT2D eigenvalue weighted by molar-refractivity contribution is -0.141. The van der Waals surface area contributed by atoms with Crippen LogP contribution in [0, 0.1) is 17.6 Å². The Morgan fingerprint density at radius 2 is 1.86 bits per heavy atom. The summed E-state index contributed by atoms with van der Waals surface area (Å²) in [4.78, 5) is 10.5. The normalized spacial score (nSPS) is 13.6. The number of nitrogens with zero attached hydrogens (tertiary/aromatic N) is 1. The van der Waals surface area contributed by atoms with Gasteiger partial charge >= 0.3 is 5.97 Å². The average molecular weight is 400 g/mol. The number of carboxylic acid groups (broad SMARTS) is 1. The second kappa shape index (κ2) is 7.01. The molecule has 0 radical (unpaired) electrons. The maximum absolute atomic E-state index is 13.8. The molecule has 5 nitrogen and oxygen atoms in total. The van der Waals surface area contributed by atoms with Crippen LogP contribution in [0.5, 0.6) is 0 Å². The van der Waals surface area contributed by atoms with Gasteiger partial charge in [-0.15, -0.1) is 0 Å². The van der Waals surface area contributed by atoms with E-state index in [9.17, 15) is 27.1 Å². The van der Waals surface area contributed by atoms with Gasteiger partial charge in [-0.1, -0.05) is 13.8 Å². The number of sulfonamides is 1. The van der Waals surface area contributed by atoms with E-state index in [1.165, 1.54) is 0 Å². The minimum Gasteiger partial charge on any atom is -0.480 e. The fourth-order valence-electron chi connectivity index (χ4n) is 1.88. The third-order valence-electron chi connectivity index (χ3n) is 3.05. The minimum absolute atomic E-state index is 0.0645. The number of aliphatic carboxylic acids is 1. The second-order valence-electron chi connectivity index (χ2n) is 5.20. The Morgan fingerprint density at radius 1 is 1.32 bits per heavy atom. The van der Waals surface area contributed by atoms with E-state index < -0.39 is 38.6 Å². The zero-order valence-electron chi connectivity index (χ0n) is 12.2. The Bertz CT molecular complexity index is 679. The van der Waals surface area contributed by atoms with Crippen molar-refractivity contribution in [2.45, 2.75) is 31.2 Å². The van der Waals surface area contributed by atoms with Gasteiger partial charge in [-0.2, -0.15) is 4.31 Å². The third kappa shape index (κ3) is 4.02. The van der Waals surface area contributed by atoms with Gasteiger partial charge in [-0.3, -0.25) is 4.79 Å². The van der Waals surface area contributed by atoms with Crippen LogP contribution in [-0.4, -0.2) is 36.9 Å². The molecular weight excluding hydrogens is 384 g/mol. The number of hydrogen-bond donors (Lipinski definition) is 1. The molecule has 1 rings (SSSR count). The topological polar surface area (TPSA) is 74.7 Å². The summed E-state index contributed by atoms with van der Waals surface area (Å²) in [5.41, 5.74) is 0. The van der Waals surface area contributed by atoms with Crippen LogP contribution in [-0.2, 0) is 14.8 Å². The molecule has 0 aliphatic rings. The van der Waals surface area contributed by atoms with Crippen molar-refractivity contribution in [3.8, 4) is 0 Å². The first-order valence-corrected chi connectivity index (χ1v) is 8.57. The predicted molar refractivity (Wildman–Crippen MR) is 79.9 cm³/mol. The van der Waals surface area contributed by atoms with Gasteiger partial charge in [0.1, 0.15) is 22.6 Å². The van der Waals surface area contributed by atoms with Crippen LogP contribution < -0.4 is 0 Å². The molecule has 22 heavy (non-hydrogen) atoms. The Labute approximate surface area is 136 Å². The fourth-order valence-corrected chi connectivity index (χ4v) is 3.76. The van der Waals surface area contributed by atoms with E-state index in [1.807, 2.05) is 0 Å². The average Bonchev–Trinajstić information content (AvgIpc) is 2.38. The summed E-state index contributed by atoms with van der Waals surface area (Å²) in [5, 5.41) is 9.20. The molecule has 0 amide bonds. The molecule has 0 fully saturated rings. The number of carboxylic acids is 1. The van der Waals surface area contributed by atoms with Gasteiger partial charge in [-0.05, 0) is 34.3 Å². The van der Waals surface area contributed by atoms with Gasteiger partial charge in [0.2, 0.25) is 10.0 Å². The molecule has 0 aliphatic heterocycles. The first kappa shape index (κ1) is 19.0. The molecule has 0 saturated carbocycles. The molecular formula is C13H16BrF2NO4S. The number of carbonyl (C=O) groups is 1. The van der Waals surface area contributed by atoms with Crippen molar-refractivity contribution in [3.63, 3.8) is 0 Å². The summed E-state index contributed by atoms with van der Waals surface area (Å²) in [5.74, 6) is -3.64. The Balaban J connectivity index is 3.33. The summed E-state index contributed by atoms with van der Waals surface area (Å²) in [6.45, 7) is 3.48. The summed E-state index contributed by atoms with van der Waals surface area (Å²) in [6, 6.07) is -0.124. The van der Waals surface area contributed by atoms with Crippen LogP contribution in [0.15, 0.2) is 21.5 Å². The summed E-state index contributed by atoms with van der Waals surface area (Å²) >= 11 is 2.79. The molecule has 9 heteroatoms. The molecule has 1 atom stereocenters. The van der Waals surface area contributed by atoms with Crippen LogP contribution >= 0.6 is 15.9 Å². The van der Waals surface area contributed by atoms with Crippen molar-refractivity contribution in [2.24, 2.45) is 5.92 Å². The highest BCUT2D eigenvalue weighted by atomic mass is 79.9. The molecule has 1 N–H and O–H groups in total. The smallest absolute Gasteiger partial charge is 0.322 e. The highest BCUT2D eigenvalue weighted by molar-refractivity contribution is 9.10. The van der Waals surface area contributed by atoms with Crippen molar-refractivity contribution in [3.05, 3.63) is 28.2 Å². The number of likely N-dealkylation sites (N-methyl/N-ethyl adjacent to an activating group) is 1. The lowest BCUT2D eigenvalue weighted by atomic mass is 10.0. The van der Waals surface area contributed by atoms with Crippen LogP contribution in [0.4, 0.5) is 8.78 Å². The molecule has 0 saturated heterocycles. The zero-order chi connectivity index (χ0) is 17.2. The van der Waals surface area contributed by atoms with Crippen molar-refractivity contribution in [1.82, 2.24) is 4.31 Å². The molecule has 1 unspecified atom stereocenters. The van der Waals surface area contributed by atoms with E-state index in [1.54, 1.807) is 13.8 Å². The summed E-state index contributed by atoms with van der Waals surface area (Å²) in [6.07, 6.45) is 0.0645. The Morgan fingerprint density at radius 3 is 2.32 bits per heavy atom. The fraction of sp³-hybridized carbons (Fsp3) is 0.462. The van der Waals surface area contributed by atoms with Gasteiger partial charge in [0, 0.05) is 13.1 Å². The third-order valence-corrected chi connectivity index (χ3v) is 5.54. The Kier molecular flexibility index (Phi) is 6.05. The maximum Gasteiger partial charge on any atom is 0.322 e. The van der Waals surface area contributed by atoms with E-state index in [2.05, 4.69) is 15.9 Å². The van der Waals surface area contributed by atoms with E-state index in [0.29, 0.717) is 10.4 Å². The quantitative estimate of drug-likeness (QED) is 0.746. The molecule has 1 aromatic carbocycles. The number of halogens is 3. The van der Waals surface area contributed by atoms with Crippen LogP contribution in [0.25, 0.3) is 0 Å². The van der Waals surface area contributed by atoms with Crippen LogP contribution in [0.3, 0.4) is 0 Å². The van der Waals surface area contributed by atoms with Crippen LogP contribution in [0.2, 0.25) is 0 Å². The number of benzene rings is 1. The van der Waals surface area contributed by atoms with Crippen molar-refractivity contribution < 1.29 is 27.1 Å². The van der Waals surface area contributed by atoms with Gasteiger partial charge in [0.05, 0.1) is 4.47 Å². The largest absolute Gasteiger partial charge is 0.480 e. The van der Waals surface area contributed by atoms with Crippen molar-refractivity contribution in [2.75, 3.05) is 7.05 Å². The van der Waals surface area contributed by atoms with Gasteiger partial charge in [0.15, 0.2) is 0 Å². The lowest BCUT2D eigenvalue weighted by Gasteiger charge is -2.25. The van der Waals surface area contributed by atoms with Crippen LogP contribution in [0.1, 0.15) is 20.3 Å². The standard InChI is InChI=1S/C13H16BrF2NO4S/c1-7(2)4-11(13(18)19)17(3)22(20,21)12-5-8(14)9(15)6-10(12)16/h5-7,11H,4H2,1-3H3,(H,18,19). The van der Waals surface area contributed by atoms with E-state index in [-0.39, 0.29) is 16.8 Å². The summed E-state index contributed by atoms with van der Waals surface area (Å²) in [7, 11) is -3.36. The highest BCUT2D eigenvalue weighted by Crippen LogP contribution is 2.27. The monoisotopic (exact) mass is 399 g/mol. The number of rotatable bonds is 6. The minimum atomic E-state index is -4.42. The molecule has 0 bridgehead atoms. The van der Waals surface area contributed by atoms with E-state index >= 15 is 0 Å². The predicted octanol–water partition coefficient (Wildman–Crippen LogP) is 2.85. The number of hydrogen-bond acceptors (Lipinski definition) is 3. The SMILES string of the molecule is CC(C)CC(C(=O)O)N(C)S(=O)(=O)c1cc(Br)c(F)cc1F. The van der Waals surface area contributed by atoms with Gasteiger partial charge in [-0.25, -0.2) is 17.2 Å². The maximum atomic E-state index is 13.8. The molecule has 1 aromatic rings. The van der Waals surface area contributed by atoms with E-state index in [4.69, 9.17) is 0 Å². The lowest BCUT2D eigenvalue weighted by Crippen LogP contribution is -2.43. The molecule has 0 heterocycles. The van der Waals surface area contributed by atoms with E-state index in [0.717, 1.165) is 13.1 Å².